The van der Waals surface area contributed by atoms with Crippen molar-refractivity contribution in [2.45, 2.75) is 45.6 Å². The van der Waals surface area contributed by atoms with E-state index < -0.39 is 5.97 Å². The molecule has 1 aliphatic carbocycles. The fourth-order valence-electron chi connectivity index (χ4n) is 2.57. The highest BCUT2D eigenvalue weighted by molar-refractivity contribution is 5.69. The monoisotopic (exact) mass is 223 g/mol. The maximum Gasteiger partial charge on any atom is 0.317 e. The fourth-order valence-corrected chi connectivity index (χ4v) is 2.57. The second kappa shape index (κ2) is 5.36. The van der Waals surface area contributed by atoms with Crippen molar-refractivity contribution >= 4 is 5.97 Å². The van der Waals surface area contributed by atoms with Gasteiger partial charge in [0.2, 0.25) is 0 Å². The maximum absolute atomic E-state index is 10.8. The van der Waals surface area contributed by atoms with Crippen LogP contribution in [0.25, 0.3) is 0 Å². The number of rotatable bonds is 4. The lowest BCUT2D eigenvalue weighted by Crippen LogP contribution is -2.43. The van der Waals surface area contributed by atoms with E-state index in [0.29, 0.717) is 18.0 Å². The van der Waals surface area contributed by atoms with Crippen LogP contribution in [0.3, 0.4) is 0 Å². The molecule has 0 aromatic heterocycles. The lowest BCUT2D eigenvalue weighted by molar-refractivity contribution is -0.139. The Hall–Kier alpha value is -1.01. The molecule has 0 aromatic rings. The topological polar surface area (TPSA) is 40.5 Å². The van der Waals surface area contributed by atoms with Crippen molar-refractivity contribution in [3.05, 3.63) is 0 Å². The van der Waals surface area contributed by atoms with Crippen LogP contribution in [0, 0.1) is 17.8 Å². The lowest BCUT2D eigenvalue weighted by atomic mass is 9.74. The summed E-state index contributed by atoms with van der Waals surface area (Å²) in [6.07, 6.45) is 9.79. The Morgan fingerprint density at radius 2 is 2.31 bits per heavy atom. The predicted molar refractivity (Wildman–Crippen MR) is 64.1 cm³/mol. The summed E-state index contributed by atoms with van der Waals surface area (Å²) in [6, 6.07) is 0.330. The summed E-state index contributed by atoms with van der Waals surface area (Å²) < 4.78 is 0. The fraction of sp³-hybridized carbons (Fsp3) is 0.769. The van der Waals surface area contributed by atoms with Crippen LogP contribution in [0.5, 0.6) is 0 Å². The third-order valence-corrected chi connectivity index (χ3v) is 3.33. The van der Waals surface area contributed by atoms with Crippen molar-refractivity contribution in [1.82, 2.24) is 4.90 Å². The molecule has 0 aliphatic heterocycles. The van der Waals surface area contributed by atoms with Crippen LogP contribution >= 0.6 is 0 Å². The van der Waals surface area contributed by atoms with Crippen molar-refractivity contribution in [2.24, 2.45) is 5.41 Å². The van der Waals surface area contributed by atoms with E-state index in [1.54, 1.807) is 0 Å². The minimum Gasteiger partial charge on any atom is -0.480 e. The van der Waals surface area contributed by atoms with Crippen LogP contribution in [0.4, 0.5) is 0 Å². The molecule has 90 valence electrons. The van der Waals surface area contributed by atoms with Crippen molar-refractivity contribution in [3.63, 3.8) is 0 Å². The summed E-state index contributed by atoms with van der Waals surface area (Å²) in [5.74, 6) is 1.77. The van der Waals surface area contributed by atoms with Crippen LogP contribution in [0.2, 0.25) is 0 Å². The minimum absolute atomic E-state index is 0.0605. The van der Waals surface area contributed by atoms with Gasteiger partial charge in [0.15, 0.2) is 0 Å². The van der Waals surface area contributed by atoms with E-state index in [0.717, 1.165) is 12.8 Å². The molecule has 0 bridgehead atoms. The first-order chi connectivity index (χ1) is 7.44. The van der Waals surface area contributed by atoms with Gasteiger partial charge < -0.3 is 5.11 Å². The highest BCUT2D eigenvalue weighted by Crippen LogP contribution is 2.37. The second-order valence-electron chi connectivity index (χ2n) is 5.42. The number of nitrogens with zero attached hydrogens (tertiary/aromatic N) is 1. The highest BCUT2D eigenvalue weighted by atomic mass is 16.4. The standard InChI is InChI=1S/C13H21NO2/c1-4-8-14(10-12(15)16)11-6-5-7-13(2,3)9-11/h1,11H,5-10H2,2-3H3,(H,15,16). The largest absolute Gasteiger partial charge is 0.480 e. The smallest absolute Gasteiger partial charge is 0.317 e. The quantitative estimate of drug-likeness (QED) is 0.741. The maximum atomic E-state index is 10.8. The Labute approximate surface area is 97.8 Å². The number of carbonyl (C=O) groups is 1. The van der Waals surface area contributed by atoms with E-state index >= 15 is 0 Å². The normalized spacial score (nSPS) is 24.0. The molecule has 0 spiro atoms. The number of terminal acetylenes is 1. The zero-order valence-corrected chi connectivity index (χ0v) is 10.2. The Morgan fingerprint density at radius 1 is 1.62 bits per heavy atom. The van der Waals surface area contributed by atoms with Gasteiger partial charge >= 0.3 is 5.97 Å². The van der Waals surface area contributed by atoms with Gasteiger partial charge in [0.05, 0.1) is 13.1 Å². The summed E-state index contributed by atoms with van der Waals surface area (Å²) in [4.78, 5) is 12.7. The van der Waals surface area contributed by atoms with Gasteiger partial charge in [-0.15, -0.1) is 6.42 Å². The number of hydrogen-bond acceptors (Lipinski definition) is 2. The Morgan fingerprint density at radius 3 is 2.81 bits per heavy atom. The molecular formula is C13H21NO2. The third kappa shape index (κ3) is 3.86. The third-order valence-electron chi connectivity index (χ3n) is 3.33. The van der Waals surface area contributed by atoms with E-state index in [4.69, 9.17) is 11.5 Å². The summed E-state index contributed by atoms with van der Waals surface area (Å²) in [5.41, 5.74) is 0.314. The molecule has 16 heavy (non-hydrogen) atoms. The van der Waals surface area contributed by atoms with Crippen molar-refractivity contribution in [2.75, 3.05) is 13.1 Å². The average Bonchev–Trinajstić information content (AvgIpc) is 2.15. The summed E-state index contributed by atoms with van der Waals surface area (Å²) >= 11 is 0. The molecule has 1 atom stereocenters. The van der Waals surface area contributed by atoms with Crippen molar-refractivity contribution < 1.29 is 9.90 Å². The minimum atomic E-state index is -0.793. The van der Waals surface area contributed by atoms with E-state index in [1.165, 1.54) is 12.8 Å². The van der Waals surface area contributed by atoms with Crippen molar-refractivity contribution in [1.29, 1.82) is 0 Å². The summed E-state index contributed by atoms with van der Waals surface area (Å²) in [7, 11) is 0. The van der Waals surface area contributed by atoms with Crippen LogP contribution in [0.15, 0.2) is 0 Å². The van der Waals surface area contributed by atoms with Crippen molar-refractivity contribution in [3.8, 4) is 12.3 Å². The molecular weight excluding hydrogens is 202 g/mol. The van der Waals surface area contributed by atoms with Crippen LogP contribution in [-0.2, 0) is 4.79 Å². The first kappa shape index (κ1) is 13.1. The lowest BCUT2D eigenvalue weighted by Gasteiger charge is -2.40. The number of aliphatic carboxylic acids is 1. The zero-order valence-electron chi connectivity index (χ0n) is 10.2. The number of hydrogen-bond donors (Lipinski definition) is 1. The van der Waals surface area contributed by atoms with E-state index in [2.05, 4.69) is 19.8 Å². The molecule has 1 aliphatic rings. The van der Waals surface area contributed by atoms with Crippen LogP contribution in [0.1, 0.15) is 39.5 Å². The highest BCUT2D eigenvalue weighted by Gasteiger charge is 2.31. The average molecular weight is 223 g/mol. The summed E-state index contributed by atoms with van der Waals surface area (Å²) in [6.45, 7) is 4.99. The van der Waals surface area contributed by atoms with E-state index in [-0.39, 0.29) is 6.54 Å². The molecule has 0 radical (unpaired) electrons. The molecule has 1 rings (SSSR count). The molecule has 1 unspecified atom stereocenters. The Bertz CT molecular complexity index is 291. The molecule has 1 fully saturated rings. The van der Waals surface area contributed by atoms with Gasteiger partial charge in [-0.25, -0.2) is 0 Å². The van der Waals surface area contributed by atoms with Gasteiger partial charge in [0.25, 0.3) is 0 Å². The zero-order chi connectivity index (χ0) is 12.2. The molecule has 0 saturated heterocycles. The summed E-state index contributed by atoms with van der Waals surface area (Å²) in [5, 5.41) is 8.86. The van der Waals surface area contributed by atoms with Crippen LogP contribution in [-0.4, -0.2) is 35.1 Å². The Balaban J connectivity index is 2.63. The number of carboxylic acid groups (broad SMARTS) is 1. The van der Waals surface area contributed by atoms with E-state index in [9.17, 15) is 4.79 Å². The molecule has 0 aromatic carbocycles. The van der Waals surface area contributed by atoms with Gasteiger partial charge in [-0.05, 0) is 24.7 Å². The molecule has 3 heteroatoms. The van der Waals surface area contributed by atoms with E-state index in [1.807, 2.05) is 4.90 Å². The first-order valence-electron chi connectivity index (χ1n) is 5.84. The molecule has 1 saturated carbocycles. The van der Waals surface area contributed by atoms with Gasteiger partial charge in [0, 0.05) is 6.04 Å². The molecule has 0 heterocycles. The molecule has 1 N–H and O–H groups in total. The van der Waals surface area contributed by atoms with Crippen LogP contribution < -0.4 is 0 Å². The predicted octanol–water partition coefficient (Wildman–Crippen LogP) is 1.97. The molecule has 3 nitrogen and oxygen atoms in total. The van der Waals surface area contributed by atoms with Gasteiger partial charge in [-0.1, -0.05) is 26.2 Å². The molecule has 0 amide bonds. The van der Waals surface area contributed by atoms with Gasteiger partial charge in [-0.3, -0.25) is 9.69 Å². The number of carboxylic acids is 1. The Kier molecular flexibility index (Phi) is 4.37. The van der Waals surface area contributed by atoms with Gasteiger partial charge in [0.1, 0.15) is 0 Å². The first-order valence-corrected chi connectivity index (χ1v) is 5.84. The second-order valence-corrected chi connectivity index (χ2v) is 5.42. The SMILES string of the molecule is C#CCN(CC(=O)O)C1CCCC(C)(C)C1. The van der Waals surface area contributed by atoms with Gasteiger partial charge in [-0.2, -0.15) is 0 Å².